The predicted molar refractivity (Wildman–Crippen MR) is 72.3 cm³/mol. The third kappa shape index (κ3) is 3.35. The lowest BCUT2D eigenvalue weighted by Gasteiger charge is -2.03. The first-order valence-electron chi connectivity index (χ1n) is 5.78. The SMILES string of the molecule is CCc1ccc(Sc2ccc(CO)cc2)cc1. The van der Waals surface area contributed by atoms with E-state index < -0.39 is 0 Å². The van der Waals surface area contributed by atoms with Gasteiger partial charge in [0.15, 0.2) is 0 Å². The molecule has 0 atom stereocenters. The Kier molecular flexibility index (Phi) is 4.24. The van der Waals surface area contributed by atoms with Crippen LogP contribution in [0.15, 0.2) is 58.3 Å². The van der Waals surface area contributed by atoms with Gasteiger partial charge in [0.25, 0.3) is 0 Å². The van der Waals surface area contributed by atoms with Crippen molar-refractivity contribution < 1.29 is 5.11 Å². The molecule has 0 saturated heterocycles. The van der Waals surface area contributed by atoms with Crippen molar-refractivity contribution in [3.63, 3.8) is 0 Å². The Labute approximate surface area is 107 Å². The van der Waals surface area contributed by atoms with Crippen molar-refractivity contribution in [3.8, 4) is 0 Å². The Hall–Kier alpha value is -1.25. The summed E-state index contributed by atoms with van der Waals surface area (Å²) in [5.74, 6) is 0. The molecule has 0 fully saturated rings. The minimum absolute atomic E-state index is 0.107. The highest BCUT2D eigenvalue weighted by atomic mass is 32.2. The molecule has 0 bridgehead atoms. The highest BCUT2D eigenvalue weighted by Crippen LogP contribution is 2.27. The van der Waals surface area contributed by atoms with E-state index in [4.69, 9.17) is 5.11 Å². The van der Waals surface area contributed by atoms with E-state index in [1.807, 2.05) is 24.3 Å². The molecule has 88 valence electrons. The molecule has 0 amide bonds. The van der Waals surface area contributed by atoms with Gasteiger partial charge in [0.05, 0.1) is 6.61 Å². The number of hydrogen-bond donors (Lipinski definition) is 1. The molecular weight excluding hydrogens is 228 g/mol. The van der Waals surface area contributed by atoms with Gasteiger partial charge >= 0.3 is 0 Å². The van der Waals surface area contributed by atoms with Gasteiger partial charge in [-0.15, -0.1) is 0 Å². The highest BCUT2D eigenvalue weighted by Gasteiger charge is 1.98. The molecule has 1 N–H and O–H groups in total. The predicted octanol–water partition coefficient (Wildman–Crippen LogP) is 3.89. The first-order valence-corrected chi connectivity index (χ1v) is 6.60. The van der Waals surface area contributed by atoms with Crippen LogP contribution in [0.4, 0.5) is 0 Å². The average molecular weight is 244 g/mol. The second-order valence-corrected chi connectivity index (χ2v) is 5.05. The van der Waals surface area contributed by atoms with Crippen LogP contribution in [-0.2, 0) is 13.0 Å². The Bertz CT molecular complexity index is 414. The van der Waals surface area contributed by atoms with Crippen LogP contribution >= 0.6 is 11.8 Å². The Morgan fingerprint density at radius 2 is 1.29 bits per heavy atom. The second-order valence-electron chi connectivity index (χ2n) is 3.90. The zero-order valence-electron chi connectivity index (χ0n) is 9.89. The van der Waals surface area contributed by atoms with Crippen molar-refractivity contribution in [2.75, 3.05) is 0 Å². The molecule has 0 aliphatic carbocycles. The van der Waals surface area contributed by atoms with Crippen molar-refractivity contribution in [1.82, 2.24) is 0 Å². The summed E-state index contributed by atoms with van der Waals surface area (Å²) in [5, 5.41) is 8.97. The van der Waals surface area contributed by atoms with E-state index in [1.54, 1.807) is 11.8 Å². The van der Waals surface area contributed by atoms with Crippen LogP contribution in [0, 0.1) is 0 Å². The van der Waals surface area contributed by atoms with Crippen LogP contribution < -0.4 is 0 Å². The summed E-state index contributed by atoms with van der Waals surface area (Å²) in [4.78, 5) is 2.45. The van der Waals surface area contributed by atoms with Crippen molar-refractivity contribution in [2.45, 2.75) is 29.7 Å². The molecule has 2 aromatic carbocycles. The minimum atomic E-state index is 0.107. The van der Waals surface area contributed by atoms with E-state index in [0.717, 1.165) is 12.0 Å². The van der Waals surface area contributed by atoms with E-state index in [2.05, 4.69) is 31.2 Å². The summed E-state index contributed by atoms with van der Waals surface area (Å²) in [6, 6.07) is 16.7. The highest BCUT2D eigenvalue weighted by molar-refractivity contribution is 7.99. The van der Waals surface area contributed by atoms with Gasteiger partial charge < -0.3 is 5.11 Å². The Morgan fingerprint density at radius 1 is 0.824 bits per heavy atom. The van der Waals surface area contributed by atoms with Gasteiger partial charge in [-0.25, -0.2) is 0 Å². The zero-order valence-corrected chi connectivity index (χ0v) is 10.7. The molecule has 2 heteroatoms. The first kappa shape index (κ1) is 12.2. The molecule has 0 saturated carbocycles. The third-order valence-corrected chi connectivity index (χ3v) is 3.69. The molecule has 0 aliphatic rings. The fourth-order valence-electron chi connectivity index (χ4n) is 1.59. The maximum Gasteiger partial charge on any atom is 0.0681 e. The van der Waals surface area contributed by atoms with Crippen molar-refractivity contribution in [2.24, 2.45) is 0 Å². The van der Waals surface area contributed by atoms with Gasteiger partial charge in [-0.05, 0) is 41.8 Å². The number of aliphatic hydroxyl groups excluding tert-OH is 1. The maximum atomic E-state index is 8.97. The van der Waals surface area contributed by atoms with Crippen molar-refractivity contribution >= 4 is 11.8 Å². The van der Waals surface area contributed by atoms with Crippen LogP contribution in [0.3, 0.4) is 0 Å². The van der Waals surface area contributed by atoms with Gasteiger partial charge in [-0.2, -0.15) is 0 Å². The molecule has 0 unspecified atom stereocenters. The summed E-state index contributed by atoms with van der Waals surface area (Å²) < 4.78 is 0. The lowest BCUT2D eigenvalue weighted by Crippen LogP contribution is -1.82. The van der Waals surface area contributed by atoms with E-state index >= 15 is 0 Å². The van der Waals surface area contributed by atoms with Crippen LogP contribution in [0.5, 0.6) is 0 Å². The van der Waals surface area contributed by atoms with Crippen LogP contribution in [-0.4, -0.2) is 5.11 Å². The van der Waals surface area contributed by atoms with Crippen LogP contribution in [0.25, 0.3) is 0 Å². The van der Waals surface area contributed by atoms with E-state index in [1.165, 1.54) is 15.4 Å². The number of aliphatic hydroxyl groups is 1. The first-order chi connectivity index (χ1) is 8.31. The van der Waals surface area contributed by atoms with Gasteiger partial charge in [-0.1, -0.05) is 43.0 Å². The maximum absolute atomic E-state index is 8.97. The molecule has 0 spiro atoms. The van der Waals surface area contributed by atoms with Gasteiger partial charge in [0.1, 0.15) is 0 Å². The van der Waals surface area contributed by atoms with Crippen molar-refractivity contribution in [3.05, 3.63) is 59.7 Å². The average Bonchev–Trinajstić information content (AvgIpc) is 2.40. The Balaban J connectivity index is 2.08. The van der Waals surface area contributed by atoms with Crippen LogP contribution in [0.1, 0.15) is 18.1 Å². The minimum Gasteiger partial charge on any atom is -0.392 e. The summed E-state index contributed by atoms with van der Waals surface area (Å²) in [5.41, 5.74) is 2.32. The van der Waals surface area contributed by atoms with E-state index in [9.17, 15) is 0 Å². The number of hydrogen-bond acceptors (Lipinski definition) is 2. The largest absolute Gasteiger partial charge is 0.392 e. The summed E-state index contributed by atoms with van der Waals surface area (Å²) >= 11 is 1.74. The fourth-order valence-corrected chi connectivity index (χ4v) is 2.41. The molecule has 17 heavy (non-hydrogen) atoms. The normalized spacial score (nSPS) is 10.5. The molecule has 1 nitrogen and oxygen atoms in total. The zero-order chi connectivity index (χ0) is 12.1. The second kappa shape index (κ2) is 5.89. The summed E-state index contributed by atoms with van der Waals surface area (Å²) in [7, 11) is 0. The number of aryl methyl sites for hydroxylation is 1. The van der Waals surface area contributed by atoms with Gasteiger partial charge in [0.2, 0.25) is 0 Å². The standard InChI is InChI=1S/C15H16OS/c1-2-12-3-7-14(8-4-12)17-15-9-5-13(11-16)6-10-15/h3-10,16H,2,11H2,1H3. The third-order valence-electron chi connectivity index (χ3n) is 2.67. The Morgan fingerprint density at radius 3 is 1.71 bits per heavy atom. The summed E-state index contributed by atoms with van der Waals surface area (Å²) in [6.07, 6.45) is 1.08. The summed E-state index contributed by atoms with van der Waals surface area (Å²) in [6.45, 7) is 2.27. The van der Waals surface area contributed by atoms with E-state index in [0.29, 0.717) is 0 Å². The molecular formula is C15H16OS. The lowest BCUT2D eigenvalue weighted by atomic mass is 10.2. The quantitative estimate of drug-likeness (QED) is 0.880. The van der Waals surface area contributed by atoms with Crippen molar-refractivity contribution in [1.29, 1.82) is 0 Å². The number of benzene rings is 2. The van der Waals surface area contributed by atoms with Crippen LogP contribution in [0.2, 0.25) is 0 Å². The molecule has 0 heterocycles. The smallest absolute Gasteiger partial charge is 0.0681 e. The topological polar surface area (TPSA) is 20.2 Å². The monoisotopic (exact) mass is 244 g/mol. The van der Waals surface area contributed by atoms with Gasteiger partial charge in [0, 0.05) is 9.79 Å². The lowest BCUT2D eigenvalue weighted by molar-refractivity contribution is 0.282. The molecule has 0 aliphatic heterocycles. The fraction of sp³-hybridized carbons (Fsp3) is 0.200. The van der Waals surface area contributed by atoms with E-state index in [-0.39, 0.29) is 6.61 Å². The molecule has 2 rings (SSSR count). The molecule has 2 aromatic rings. The number of rotatable bonds is 4. The molecule has 0 aromatic heterocycles. The molecule has 0 radical (unpaired) electrons. The van der Waals surface area contributed by atoms with Gasteiger partial charge in [-0.3, -0.25) is 0 Å².